The molecule has 0 bridgehead atoms. The number of H-pyrrole nitrogens is 1. The Bertz CT molecular complexity index is 594. The molecule has 0 aromatic carbocycles. The number of Topliss-reactive ketones (excluding diaryl/α,β-unsaturated/α-hetero) is 1. The average molecular weight is 313 g/mol. The first-order chi connectivity index (χ1) is 9.95. The van der Waals surface area contributed by atoms with Gasteiger partial charge in [-0.2, -0.15) is 4.31 Å². The van der Waals surface area contributed by atoms with Crippen LogP contribution in [0.25, 0.3) is 0 Å². The summed E-state index contributed by atoms with van der Waals surface area (Å²) >= 11 is 0. The van der Waals surface area contributed by atoms with Gasteiger partial charge in [0.1, 0.15) is 11.6 Å². The number of hydrogen-bond acceptors (Lipinski definition) is 4. The number of hydrogen-bond donors (Lipinski definition) is 1. The minimum absolute atomic E-state index is 0.0287. The highest BCUT2D eigenvalue weighted by molar-refractivity contribution is 7.89. The molecule has 0 spiro atoms. The molecule has 0 amide bonds. The fourth-order valence-electron chi connectivity index (χ4n) is 2.78. The van der Waals surface area contributed by atoms with Crippen LogP contribution < -0.4 is 0 Å². The molecule has 1 atom stereocenters. The van der Waals surface area contributed by atoms with Crippen LogP contribution in [0.4, 0.5) is 0 Å². The van der Waals surface area contributed by atoms with Gasteiger partial charge in [-0.15, -0.1) is 0 Å². The lowest BCUT2D eigenvalue weighted by Gasteiger charge is -2.27. The van der Waals surface area contributed by atoms with Crippen molar-refractivity contribution in [3.8, 4) is 0 Å². The molecule has 1 N–H and O–H groups in total. The predicted molar refractivity (Wildman–Crippen MR) is 79.4 cm³/mol. The Morgan fingerprint density at radius 3 is 2.81 bits per heavy atom. The maximum atomic E-state index is 12.8. The highest BCUT2D eigenvalue weighted by atomic mass is 32.2. The van der Waals surface area contributed by atoms with Gasteiger partial charge in [0.05, 0.1) is 6.20 Å². The predicted octanol–water partition coefficient (Wildman–Crippen LogP) is 1.88. The molecule has 2 heterocycles. The van der Waals surface area contributed by atoms with E-state index >= 15 is 0 Å². The molecule has 6 nitrogen and oxygen atoms in total. The van der Waals surface area contributed by atoms with Gasteiger partial charge in [-0.05, 0) is 19.8 Å². The Kier molecular flexibility index (Phi) is 5.16. The average Bonchev–Trinajstić information content (AvgIpc) is 2.80. The number of imidazole rings is 1. The highest BCUT2D eigenvalue weighted by Crippen LogP contribution is 2.26. The lowest BCUT2D eigenvalue weighted by Crippen LogP contribution is -2.41. The van der Waals surface area contributed by atoms with E-state index in [0.29, 0.717) is 18.8 Å². The second kappa shape index (κ2) is 6.70. The number of ketones is 1. The summed E-state index contributed by atoms with van der Waals surface area (Å²) in [7, 11) is -3.61. The van der Waals surface area contributed by atoms with Crippen molar-refractivity contribution in [1.82, 2.24) is 14.3 Å². The van der Waals surface area contributed by atoms with Gasteiger partial charge in [0.2, 0.25) is 0 Å². The molecule has 0 saturated carbocycles. The minimum atomic E-state index is -3.61. The van der Waals surface area contributed by atoms with Crippen molar-refractivity contribution in [2.75, 3.05) is 6.54 Å². The molecule has 0 aliphatic carbocycles. The second-order valence-corrected chi connectivity index (χ2v) is 7.43. The van der Waals surface area contributed by atoms with Crippen molar-refractivity contribution >= 4 is 15.8 Å². The fraction of sp³-hybridized carbons (Fsp3) is 0.714. The van der Waals surface area contributed by atoms with Crippen LogP contribution in [-0.2, 0) is 21.2 Å². The third-order valence-corrected chi connectivity index (χ3v) is 5.73. The topological polar surface area (TPSA) is 83.1 Å². The second-order valence-electron chi connectivity index (χ2n) is 5.57. The van der Waals surface area contributed by atoms with E-state index in [1.165, 1.54) is 17.4 Å². The zero-order valence-corrected chi connectivity index (χ0v) is 13.4. The smallest absolute Gasteiger partial charge is 0.260 e. The van der Waals surface area contributed by atoms with Crippen LogP contribution in [-0.4, -0.2) is 41.1 Å². The minimum Gasteiger partial charge on any atom is -0.332 e. The summed E-state index contributed by atoms with van der Waals surface area (Å²) in [5.74, 6) is 0.687. The van der Waals surface area contributed by atoms with Crippen molar-refractivity contribution in [3.63, 3.8) is 0 Å². The van der Waals surface area contributed by atoms with Gasteiger partial charge in [-0.1, -0.05) is 19.8 Å². The number of aromatic nitrogens is 2. The summed E-state index contributed by atoms with van der Waals surface area (Å²) in [4.78, 5) is 18.4. The van der Waals surface area contributed by atoms with E-state index in [0.717, 1.165) is 25.7 Å². The van der Waals surface area contributed by atoms with Crippen LogP contribution in [0, 0.1) is 0 Å². The number of sulfonamides is 1. The van der Waals surface area contributed by atoms with Crippen molar-refractivity contribution in [3.05, 3.63) is 12.0 Å². The number of carbonyl (C=O) groups excluding carboxylic acids is 1. The summed E-state index contributed by atoms with van der Waals surface area (Å²) in [5.41, 5.74) is 0. The monoisotopic (exact) mass is 313 g/mol. The molecular weight excluding hydrogens is 290 g/mol. The maximum Gasteiger partial charge on any atom is 0.260 e. The Morgan fingerprint density at radius 1 is 1.43 bits per heavy atom. The van der Waals surface area contributed by atoms with Crippen molar-refractivity contribution in [1.29, 1.82) is 0 Å². The number of aryl methyl sites for hydroxylation is 1. The largest absolute Gasteiger partial charge is 0.332 e. The number of nitrogens with one attached hydrogen (secondary N) is 1. The van der Waals surface area contributed by atoms with Crippen LogP contribution in [0.1, 0.15) is 51.8 Å². The zero-order chi connectivity index (χ0) is 15.5. The fourth-order valence-corrected chi connectivity index (χ4v) is 4.41. The number of nitrogens with zero attached hydrogens (tertiary/aromatic N) is 2. The third-order valence-electron chi connectivity index (χ3n) is 3.87. The molecule has 21 heavy (non-hydrogen) atoms. The normalized spacial score (nSPS) is 21.1. The molecule has 1 unspecified atom stereocenters. The lowest BCUT2D eigenvalue weighted by atomic mass is 10.1. The summed E-state index contributed by atoms with van der Waals surface area (Å²) in [6, 6.07) is -0.233. The van der Waals surface area contributed by atoms with Gasteiger partial charge in [0, 0.05) is 25.4 Å². The van der Waals surface area contributed by atoms with Crippen LogP contribution in [0.5, 0.6) is 0 Å². The Hall–Kier alpha value is -1.21. The van der Waals surface area contributed by atoms with Crippen LogP contribution in [0.2, 0.25) is 0 Å². The molecule has 1 fully saturated rings. The molecular formula is C14H23N3O3S. The summed E-state index contributed by atoms with van der Waals surface area (Å²) in [6.45, 7) is 3.90. The number of rotatable bonds is 5. The molecule has 1 saturated heterocycles. The maximum absolute atomic E-state index is 12.8. The van der Waals surface area contributed by atoms with Gasteiger partial charge < -0.3 is 4.98 Å². The van der Waals surface area contributed by atoms with E-state index in [1.807, 2.05) is 6.92 Å². The Labute approximate surface area is 126 Å². The molecule has 1 aliphatic rings. The lowest BCUT2D eigenvalue weighted by molar-refractivity contribution is -0.117. The summed E-state index contributed by atoms with van der Waals surface area (Å²) < 4.78 is 27.1. The summed E-state index contributed by atoms with van der Waals surface area (Å²) in [5, 5.41) is 0.134. The first-order valence-electron chi connectivity index (χ1n) is 7.50. The molecule has 1 aromatic rings. The van der Waals surface area contributed by atoms with E-state index in [4.69, 9.17) is 0 Å². The van der Waals surface area contributed by atoms with Crippen LogP contribution in [0.15, 0.2) is 11.2 Å². The molecule has 1 aromatic heterocycles. The van der Waals surface area contributed by atoms with E-state index in [9.17, 15) is 13.2 Å². The highest BCUT2D eigenvalue weighted by Gasteiger charge is 2.34. The number of carbonyl (C=O) groups is 1. The molecule has 0 radical (unpaired) electrons. The van der Waals surface area contributed by atoms with Gasteiger partial charge in [0.25, 0.3) is 10.0 Å². The van der Waals surface area contributed by atoms with Gasteiger partial charge in [0.15, 0.2) is 5.03 Å². The van der Waals surface area contributed by atoms with E-state index in [1.54, 1.807) is 0 Å². The first-order valence-corrected chi connectivity index (χ1v) is 8.94. The van der Waals surface area contributed by atoms with Gasteiger partial charge in [-0.3, -0.25) is 4.79 Å². The van der Waals surface area contributed by atoms with Crippen molar-refractivity contribution < 1.29 is 13.2 Å². The van der Waals surface area contributed by atoms with Crippen LogP contribution in [0.3, 0.4) is 0 Å². The van der Waals surface area contributed by atoms with E-state index < -0.39 is 10.0 Å². The Balaban J connectivity index is 2.31. The van der Waals surface area contributed by atoms with E-state index in [2.05, 4.69) is 9.97 Å². The number of aromatic amines is 1. The zero-order valence-electron chi connectivity index (χ0n) is 12.6. The quantitative estimate of drug-likeness (QED) is 0.899. The molecule has 2 rings (SSSR count). The van der Waals surface area contributed by atoms with Gasteiger partial charge in [-0.25, -0.2) is 13.4 Å². The molecule has 118 valence electrons. The van der Waals surface area contributed by atoms with Crippen molar-refractivity contribution in [2.45, 2.75) is 63.4 Å². The standard InChI is InChI=1S/C14H23N3O3S/c1-3-13-15-10-14(16-13)21(19,20)17-8-6-4-5-7-12(17)9-11(2)18/h10,12H,3-9H2,1-2H3,(H,15,16). The molecule has 1 aliphatic heterocycles. The van der Waals surface area contributed by atoms with Crippen LogP contribution >= 0.6 is 0 Å². The molecule has 7 heteroatoms. The SMILES string of the molecule is CCc1ncc(S(=O)(=O)N2CCCCCC2CC(C)=O)[nH]1. The Morgan fingerprint density at radius 2 is 2.19 bits per heavy atom. The van der Waals surface area contributed by atoms with E-state index in [-0.39, 0.29) is 23.3 Å². The first kappa shape index (κ1) is 16.2. The van der Waals surface area contributed by atoms with Gasteiger partial charge >= 0.3 is 0 Å². The third kappa shape index (κ3) is 3.71. The summed E-state index contributed by atoms with van der Waals surface area (Å²) in [6.07, 6.45) is 5.87. The van der Waals surface area contributed by atoms with Crippen molar-refractivity contribution in [2.24, 2.45) is 0 Å².